The molecule has 0 aromatic heterocycles. The number of nitrogens with one attached hydrogen (secondary N) is 1. The van der Waals surface area contributed by atoms with Crippen LogP contribution >= 0.6 is 0 Å². The van der Waals surface area contributed by atoms with Crippen molar-refractivity contribution in [2.24, 2.45) is 5.92 Å². The first-order chi connectivity index (χ1) is 9.27. The van der Waals surface area contributed by atoms with E-state index in [1.807, 2.05) is 4.90 Å². The van der Waals surface area contributed by atoms with Crippen molar-refractivity contribution in [1.29, 1.82) is 0 Å². The van der Waals surface area contributed by atoms with Crippen molar-refractivity contribution in [2.45, 2.75) is 26.2 Å². The quantitative estimate of drug-likeness (QED) is 0.633. The number of rotatable bonds is 9. The van der Waals surface area contributed by atoms with Gasteiger partial charge in [0.1, 0.15) is 0 Å². The molecule has 1 saturated heterocycles. The highest BCUT2D eigenvalue weighted by molar-refractivity contribution is 5.76. The molecule has 112 valence electrons. The number of amides is 1. The van der Waals surface area contributed by atoms with Crippen LogP contribution in [0.15, 0.2) is 0 Å². The Bertz CT molecular complexity index is 241. The minimum absolute atomic E-state index is 0.222. The highest BCUT2D eigenvalue weighted by Gasteiger charge is 2.21. The van der Waals surface area contributed by atoms with Gasteiger partial charge in [0.2, 0.25) is 5.91 Å². The molecular weight excluding hydrogens is 244 g/mol. The maximum atomic E-state index is 12.0. The van der Waals surface area contributed by atoms with Gasteiger partial charge in [-0.2, -0.15) is 0 Å². The van der Waals surface area contributed by atoms with Crippen molar-refractivity contribution >= 4 is 5.91 Å². The Morgan fingerprint density at radius 3 is 2.63 bits per heavy atom. The summed E-state index contributed by atoms with van der Waals surface area (Å²) in [4.78, 5) is 13.9. The summed E-state index contributed by atoms with van der Waals surface area (Å²) in [5.74, 6) is 0.946. The van der Waals surface area contributed by atoms with Crippen molar-refractivity contribution in [3.05, 3.63) is 0 Å². The van der Waals surface area contributed by atoms with E-state index in [0.29, 0.717) is 26.2 Å². The molecule has 0 atom stereocenters. The van der Waals surface area contributed by atoms with Gasteiger partial charge < -0.3 is 19.7 Å². The van der Waals surface area contributed by atoms with E-state index in [0.717, 1.165) is 44.9 Å². The van der Waals surface area contributed by atoms with E-state index in [9.17, 15) is 4.79 Å². The van der Waals surface area contributed by atoms with Gasteiger partial charge in [-0.15, -0.1) is 0 Å². The molecule has 1 aliphatic heterocycles. The number of carbonyl (C=O) groups is 1. The Morgan fingerprint density at radius 2 is 2.00 bits per heavy atom. The summed E-state index contributed by atoms with van der Waals surface area (Å²) in [5.41, 5.74) is 0. The molecule has 1 rings (SSSR count). The first kappa shape index (κ1) is 16.4. The van der Waals surface area contributed by atoms with Crippen LogP contribution in [0.3, 0.4) is 0 Å². The van der Waals surface area contributed by atoms with Gasteiger partial charge in [-0.25, -0.2) is 0 Å². The van der Waals surface area contributed by atoms with Gasteiger partial charge in [0.15, 0.2) is 0 Å². The van der Waals surface area contributed by atoms with Crippen molar-refractivity contribution < 1.29 is 14.3 Å². The van der Waals surface area contributed by atoms with Crippen LogP contribution < -0.4 is 5.32 Å². The van der Waals surface area contributed by atoms with Gasteiger partial charge in [-0.1, -0.05) is 6.92 Å². The van der Waals surface area contributed by atoms with E-state index >= 15 is 0 Å². The molecule has 5 heteroatoms. The third-order valence-corrected chi connectivity index (χ3v) is 3.54. The molecule has 19 heavy (non-hydrogen) atoms. The molecule has 0 unspecified atom stereocenters. The van der Waals surface area contributed by atoms with Gasteiger partial charge in [0, 0.05) is 20.2 Å². The predicted octanol–water partition coefficient (Wildman–Crippen LogP) is 0.888. The largest absolute Gasteiger partial charge is 0.382 e. The van der Waals surface area contributed by atoms with E-state index < -0.39 is 0 Å². The molecule has 0 radical (unpaired) electrons. The Morgan fingerprint density at radius 1 is 1.26 bits per heavy atom. The second-order valence-electron chi connectivity index (χ2n) is 4.99. The van der Waals surface area contributed by atoms with Gasteiger partial charge in [-0.3, -0.25) is 4.79 Å². The lowest BCUT2D eigenvalue weighted by Crippen LogP contribution is -2.41. The van der Waals surface area contributed by atoms with Crippen molar-refractivity contribution in [1.82, 2.24) is 10.2 Å². The van der Waals surface area contributed by atoms with Crippen LogP contribution in [0.25, 0.3) is 0 Å². The first-order valence-corrected chi connectivity index (χ1v) is 7.33. The predicted molar refractivity (Wildman–Crippen MR) is 75.2 cm³/mol. The first-order valence-electron chi connectivity index (χ1n) is 7.33. The number of nitrogens with zero attached hydrogens (tertiary/aromatic N) is 1. The average molecular weight is 272 g/mol. The number of hydrogen-bond acceptors (Lipinski definition) is 4. The fraction of sp³-hybridized carbons (Fsp3) is 0.929. The Balaban J connectivity index is 2.07. The summed E-state index contributed by atoms with van der Waals surface area (Å²) < 4.78 is 10.2. The third-order valence-electron chi connectivity index (χ3n) is 3.54. The third kappa shape index (κ3) is 6.89. The summed E-state index contributed by atoms with van der Waals surface area (Å²) in [6, 6.07) is 0. The van der Waals surface area contributed by atoms with Crippen LogP contribution in [0.1, 0.15) is 26.2 Å². The Labute approximate surface area is 116 Å². The molecule has 1 N–H and O–H groups in total. The van der Waals surface area contributed by atoms with E-state index in [1.54, 1.807) is 7.11 Å². The second kappa shape index (κ2) is 10.2. The van der Waals surface area contributed by atoms with E-state index in [2.05, 4.69) is 12.2 Å². The molecule has 5 nitrogen and oxygen atoms in total. The zero-order valence-electron chi connectivity index (χ0n) is 12.3. The number of methoxy groups -OCH3 is 1. The maximum absolute atomic E-state index is 12.0. The normalized spacial score (nSPS) is 16.8. The molecule has 1 fully saturated rings. The standard InChI is InChI=1S/C14H28N2O3/c1-3-15-12-13-4-7-16(8-5-13)14(17)6-9-19-11-10-18-2/h13,15H,3-12H2,1-2H3. The summed E-state index contributed by atoms with van der Waals surface area (Å²) in [6.45, 7) is 7.68. The number of carbonyl (C=O) groups excluding carboxylic acids is 1. The molecule has 1 aliphatic rings. The van der Waals surface area contributed by atoms with Gasteiger partial charge in [0.05, 0.1) is 26.2 Å². The molecule has 1 amide bonds. The molecule has 0 saturated carbocycles. The Hall–Kier alpha value is -0.650. The smallest absolute Gasteiger partial charge is 0.224 e. The lowest BCUT2D eigenvalue weighted by atomic mass is 9.96. The molecular formula is C14H28N2O3. The zero-order valence-corrected chi connectivity index (χ0v) is 12.3. The van der Waals surface area contributed by atoms with Crippen molar-refractivity contribution in [2.75, 3.05) is 53.1 Å². The highest BCUT2D eigenvalue weighted by atomic mass is 16.5. The minimum Gasteiger partial charge on any atom is -0.382 e. The number of likely N-dealkylation sites (tertiary alicyclic amines) is 1. The molecule has 0 aromatic carbocycles. The molecule has 0 bridgehead atoms. The van der Waals surface area contributed by atoms with Crippen LogP contribution in [0.5, 0.6) is 0 Å². The SMILES string of the molecule is CCNCC1CCN(C(=O)CCOCCOC)CC1. The van der Waals surface area contributed by atoms with Gasteiger partial charge in [-0.05, 0) is 31.8 Å². The Kier molecular flexibility index (Phi) is 8.79. The number of ether oxygens (including phenoxy) is 2. The lowest BCUT2D eigenvalue weighted by Gasteiger charge is -2.32. The summed E-state index contributed by atoms with van der Waals surface area (Å²) in [6.07, 6.45) is 2.72. The molecule has 0 aromatic rings. The van der Waals surface area contributed by atoms with Crippen LogP contribution in [-0.2, 0) is 14.3 Å². The van der Waals surface area contributed by atoms with Gasteiger partial charge in [0.25, 0.3) is 0 Å². The van der Waals surface area contributed by atoms with Crippen LogP contribution in [-0.4, -0.2) is 63.9 Å². The summed E-state index contributed by atoms with van der Waals surface area (Å²) in [7, 11) is 1.64. The van der Waals surface area contributed by atoms with E-state index in [-0.39, 0.29) is 5.91 Å². The second-order valence-corrected chi connectivity index (χ2v) is 4.99. The highest BCUT2D eigenvalue weighted by Crippen LogP contribution is 2.16. The number of piperidine rings is 1. The summed E-state index contributed by atoms with van der Waals surface area (Å²) >= 11 is 0. The van der Waals surface area contributed by atoms with Crippen molar-refractivity contribution in [3.63, 3.8) is 0 Å². The molecule has 0 spiro atoms. The topological polar surface area (TPSA) is 50.8 Å². The average Bonchev–Trinajstić information content (AvgIpc) is 2.45. The minimum atomic E-state index is 0.222. The molecule has 1 heterocycles. The maximum Gasteiger partial charge on any atom is 0.224 e. The van der Waals surface area contributed by atoms with E-state index in [1.165, 1.54) is 0 Å². The van der Waals surface area contributed by atoms with Crippen LogP contribution in [0, 0.1) is 5.92 Å². The monoisotopic (exact) mass is 272 g/mol. The molecule has 0 aliphatic carbocycles. The zero-order chi connectivity index (χ0) is 13.9. The number of hydrogen-bond donors (Lipinski definition) is 1. The van der Waals surface area contributed by atoms with E-state index in [4.69, 9.17) is 9.47 Å². The van der Waals surface area contributed by atoms with Crippen molar-refractivity contribution in [3.8, 4) is 0 Å². The fourth-order valence-electron chi connectivity index (χ4n) is 2.30. The van der Waals surface area contributed by atoms with Crippen LogP contribution in [0.2, 0.25) is 0 Å². The summed E-state index contributed by atoms with van der Waals surface area (Å²) in [5, 5.41) is 3.38. The van der Waals surface area contributed by atoms with Crippen LogP contribution in [0.4, 0.5) is 0 Å². The van der Waals surface area contributed by atoms with Gasteiger partial charge >= 0.3 is 0 Å². The fourth-order valence-corrected chi connectivity index (χ4v) is 2.30. The lowest BCUT2D eigenvalue weighted by molar-refractivity contribution is -0.133.